The van der Waals surface area contributed by atoms with Gasteiger partial charge in [-0.3, -0.25) is 0 Å². The van der Waals surface area contributed by atoms with Gasteiger partial charge in [-0.2, -0.15) is 0 Å². The molecule has 1 N–H and O–H groups in total. The normalized spacial score (nSPS) is 29.0. The van der Waals surface area contributed by atoms with E-state index in [9.17, 15) is 0 Å². The molecule has 2 bridgehead atoms. The summed E-state index contributed by atoms with van der Waals surface area (Å²) >= 11 is 9.71. The van der Waals surface area contributed by atoms with Gasteiger partial charge in [0.05, 0.1) is 5.02 Å². The van der Waals surface area contributed by atoms with E-state index in [0.717, 1.165) is 33.8 Å². The van der Waals surface area contributed by atoms with Crippen molar-refractivity contribution in [2.45, 2.75) is 51.5 Å². The molecule has 4 unspecified atom stereocenters. The van der Waals surface area contributed by atoms with E-state index >= 15 is 0 Å². The first-order valence-corrected chi connectivity index (χ1v) is 9.52. The van der Waals surface area contributed by atoms with Crippen molar-refractivity contribution in [2.75, 3.05) is 6.54 Å². The third-order valence-corrected chi connectivity index (χ3v) is 6.62. The number of hydrogen-bond acceptors (Lipinski definition) is 1. The highest BCUT2D eigenvalue weighted by atomic mass is 79.9. The first-order chi connectivity index (χ1) is 10.2. The van der Waals surface area contributed by atoms with E-state index in [4.69, 9.17) is 11.6 Å². The largest absolute Gasteiger partial charge is 0.310 e. The third kappa shape index (κ3) is 3.65. The van der Waals surface area contributed by atoms with Crippen LogP contribution in [0.1, 0.15) is 57.1 Å². The van der Waals surface area contributed by atoms with Gasteiger partial charge < -0.3 is 5.32 Å². The minimum Gasteiger partial charge on any atom is -0.310 e. The van der Waals surface area contributed by atoms with Crippen LogP contribution in [0.25, 0.3) is 0 Å². The van der Waals surface area contributed by atoms with Crippen LogP contribution in [0, 0.1) is 17.8 Å². The van der Waals surface area contributed by atoms with E-state index in [-0.39, 0.29) is 0 Å². The molecule has 1 aromatic rings. The van der Waals surface area contributed by atoms with E-state index in [1.165, 1.54) is 44.1 Å². The molecule has 1 aromatic carbocycles. The Kier molecular flexibility index (Phi) is 5.29. The lowest BCUT2D eigenvalue weighted by Gasteiger charge is -2.28. The maximum Gasteiger partial charge on any atom is 0.0548 e. The lowest BCUT2D eigenvalue weighted by molar-refractivity contribution is 0.279. The van der Waals surface area contributed by atoms with Gasteiger partial charge in [-0.1, -0.05) is 31.0 Å². The molecule has 3 heteroatoms. The van der Waals surface area contributed by atoms with Crippen molar-refractivity contribution in [3.05, 3.63) is 33.3 Å². The average Bonchev–Trinajstić information content (AvgIpc) is 3.09. The Bertz CT molecular complexity index is 490. The fraction of sp³-hybridized carbons (Fsp3) is 0.667. The van der Waals surface area contributed by atoms with Crippen LogP contribution < -0.4 is 5.32 Å². The fourth-order valence-electron chi connectivity index (χ4n) is 4.35. The molecule has 0 aliphatic heterocycles. The molecule has 0 saturated heterocycles. The summed E-state index contributed by atoms with van der Waals surface area (Å²) in [6.45, 7) is 3.32. The Balaban J connectivity index is 1.72. The minimum atomic E-state index is 0.475. The Morgan fingerprint density at radius 3 is 2.81 bits per heavy atom. The standard InChI is InChI=1S/C18H25BrClN/c1-2-7-21-18(14-5-6-17(20)16(19)10-14)11-15-9-12-3-4-13(15)8-12/h5-6,10,12-13,15,18,21H,2-4,7-9,11H2,1H3. The highest BCUT2D eigenvalue weighted by molar-refractivity contribution is 9.10. The van der Waals surface area contributed by atoms with Crippen molar-refractivity contribution in [1.82, 2.24) is 5.32 Å². The monoisotopic (exact) mass is 369 g/mol. The quantitative estimate of drug-likeness (QED) is 0.650. The lowest BCUT2D eigenvalue weighted by atomic mass is 9.82. The maximum atomic E-state index is 6.14. The van der Waals surface area contributed by atoms with Crippen molar-refractivity contribution in [2.24, 2.45) is 17.8 Å². The number of nitrogens with one attached hydrogen (secondary N) is 1. The van der Waals surface area contributed by atoms with E-state index in [2.05, 4.69) is 40.3 Å². The lowest BCUT2D eigenvalue weighted by Crippen LogP contribution is -2.26. The molecule has 3 rings (SSSR count). The Hall–Kier alpha value is -0.0500. The molecule has 21 heavy (non-hydrogen) atoms. The van der Waals surface area contributed by atoms with Crippen LogP contribution in [0.3, 0.4) is 0 Å². The van der Waals surface area contributed by atoms with Crippen molar-refractivity contribution in [1.29, 1.82) is 0 Å². The van der Waals surface area contributed by atoms with Crippen molar-refractivity contribution < 1.29 is 0 Å². The third-order valence-electron chi connectivity index (χ3n) is 5.41. The molecule has 2 fully saturated rings. The number of hydrogen-bond donors (Lipinski definition) is 1. The predicted octanol–water partition coefficient (Wildman–Crippen LogP) is 5.97. The summed E-state index contributed by atoms with van der Waals surface area (Å²) in [5.74, 6) is 2.95. The molecule has 0 spiro atoms. The van der Waals surface area contributed by atoms with Crippen molar-refractivity contribution in [3.8, 4) is 0 Å². The van der Waals surface area contributed by atoms with E-state index in [1.807, 2.05) is 6.07 Å². The minimum absolute atomic E-state index is 0.475. The number of benzene rings is 1. The number of rotatable bonds is 6. The summed E-state index contributed by atoms with van der Waals surface area (Å²) in [7, 11) is 0. The second-order valence-electron chi connectivity index (χ2n) is 6.85. The Morgan fingerprint density at radius 2 is 2.19 bits per heavy atom. The average molecular weight is 371 g/mol. The van der Waals surface area contributed by atoms with E-state index < -0.39 is 0 Å². The van der Waals surface area contributed by atoms with Crippen LogP contribution in [-0.4, -0.2) is 6.54 Å². The highest BCUT2D eigenvalue weighted by Gasteiger charge is 2.40. The van der Waals surface area contributed by atoms with Crippen molar-refractivity contribution >= 4 is 27.5 Å². The zero-order chi connectivity index (χ0) is 14.8. The molecule has 4 atom stereocenters. The van der Waals surface area contributed by atoms with Crippen LogP contribution in [-0.2, 0) is 0 Å². The van der Waals surface area contributed by atoms with Crippen LogP contribution in [0.5, 0.6) is 0 Å². The van der Waals surface area contributed by atoms with Gasteiger partial charge in [-0.05, 0) is 90.0 Å². The molecule has 2 aliphatic carbocycles. The Morgan fingerprint density at radius 1 is 1.33 bits per heavy atom. The fourth-order valence-corrected chi connectivity index (χ4v) is 4.87. The van der Waals surface area contributed by atoms with Crippen LogP contribution >= 0.6 is 27.5 Å². The SMILES string of the molecule is CCCNC(CC1CC2CCC1C2)c1ccc(Cl)c(Br)c1. The number of fused-ring (bicyclic) bond motifs is 2. The summed E-state index contributed by atoms with van der Waals surface area (Å²) in [4.78, 5) is 0. The molecule has 116 valence electrons. The second kappa shape index (κ2) is 7.02. The van der Waals surface area contributed by atoms with Gasteiger partial charge in [0.15, 0.2) is 0 Å². The summed E-state index contributed by atoms with van der Waals surface area (Å²) < 4.78 is 1.01. The molecular formula is C18H25BrClN. The summed E-state index contributed by atoms with van der Waals surface area (Å²) in [5, 5.41) is 4.55. The molecule has 0 radical (unpaired) electrons. The van der Waals surface area contributed by atoms with Crippen LogP contribution in [0.15, 0.2) is 22.7 Å². The summed E-state index contributed by atoms with van der Waals surface area (Å²) in [6, 6.07) is 6.88. The predicted molar refractivity (Wildman–Crippen MR) is 93.7 cm³/mol. The number of halogens is 2. The summed E-state index contributed by atoms with van der Waals surface area (Å²) in [5.41, 5.74) is 1.38. The van der Waals surface area contributed by atoms with E-state index in [0.29, 0.717) is 6.04 Å². The van der Waals surface area contributed by atoms with Gasteiger partial charge in [0.1, 0.15) is 0 Å². The van der Waals surface area contributed by atoms with Gasteiger partial charge in [0, 0.05) is 10.5 Å². The first-order valence-electron chi connectivity index (χ1n) is 8.35. The van der Waals surface area contributed by atoms with Crippen LogP contribution in [0.4, 0.5) is 0 Å². The molecule has 0 heterocycles. The van der Waals surface area contributed by atoms with E-state index in [1.54, 1.807) is 0 Å². The Labute approximate surface area is 142 Å². The van der Waals surface area contributed by atoms with Gasteiger partial charge in [0.25, 0.3) is 0 Å². The zero-order valence-electron chi connectivity index (χ0n) is 12.7. The van der Waals surface area contributed by atoms with Gasteiger partial charge >= 0.3 is 0 Å². The smallest absolute Gasteiger partial charge is 0.0548 e. The van der Waals surface area contributed by atoms with Gasteiger partial charge in [0.2, 0.25) is 0 Å². The molecule has 0 aromatic heterocycles. The maximum absolute atomic E-state index is 6.14. The molecule has 2 aliphatic rings. The van der Waals surface area contributed by atoms with Gasteiger partial charge in [-0.15, -0.1) is 0 Å². The summed E-state index contributed by atoms with van der Waals surface area (Å²) in [6.07, 6.45) is 8.39. The first kappa shape index (κ1) is 15.8. The molecule has 2 saturated carbocycles. The van der Waals surface area contributed by atoms with Crippen molar-refractivity contribution in [3.63, 3.8) is 0 Å². The molecule has 0 amide bonds. The highest BCUT2D eigenvalue weighted by Crippen LogP contribution is 2.51. The molecular weight excluding hydrogens is 346 g/mol. The van der Waals surface area contributed by atoms with Crippen LogP contribution in [0.2, 0.25) is 5.02 Å². The van der Waals surface area contributed by atoms with Gasteiger partial charge in [-0.25, -0.2) is 0 Å². The second-order valence-corrected chi connectivity index (χ2v) is 8.11. The topological polar surface area (TPSA) is 12.0 Å². The molecule has 1 nitrogen and oxygen atoms in total. The zero-order valence-corrected chi connectivity index (χ0v) is 15.1.